The molecule has 0 saturated carbocycles. The fourth-order valence-corrected chi connectivity index (χ4v) is 0.823. The second-order valence-electron chi connectivity index (χ2n) is 2.60. The molecule has 0 fully saturated rings. The van der Waals surface area contributed by atoms with E-state index >= 15 is 0 Å². The van der Waals surface area contributed by atoms with E-state index in [0.717, 1.165) is 0 Å². The molecule has 0 aromatic rings. The number of likely N-dealkylation sites (N-methyl/N-ethyl adjacent to an activating group) is 1. The minimum Gasteiger partial charge on any atom is -0.367 e. The van der Waals surface area contributed by atoms with Crippen LogP contribution < -0.4 is 0 Å². The average Bonchev–Trinajstić information content (AvgIpc) is 1.98. The Morgan fingerprint density at radius 1 is 1.58 bits per heavy atom. The summed E-state index contributed by atoms with van der Waals surface area (Å²) in [4.78, 5) is 12.5. The van der Waals surface area contributed by atoms with E-state index in [1.54, 1.807) is 13.8 Å². The minimum atomic E-state index is -1.48. The fraction of sp³-hybridized carbons (Fsp3) is 0.625. The number of hydrogen-bond acceptors (Lipinski definition) is 3. The molecule has 4 heteroatoms. The highest BCUT2D eigenvalue weighted by molar-refractivity contribution is 5.92. The molecule has 0 unspecified atom stereocenters. The highest BCUT2D eigenvalue weighted by atomic mass is 16.5. The SMILES string of the molecule is C=C(C)C(=O)N(CC)CC(O)O. The summed E-state index contributed by atoms with van der Waals surface area (Å²) in [5.74, 6) is -0.245. The second-order valence-corrected chi connectivity index (χ2v) is 2.60. The first-order chi connectivity index (χ1) is 5.49. The van der Waals surface area contributed by atoms with Crippen molar-refractivity contribution in [2.24, 2.45) is 0 Å². The smallest absolute Gasteiger partial charge is 0.249 e. The summed E-state index contributed by atoms with van der Waals surface area (Å²) < 4.78 is 0. The highest BCUT2D eigenvalue weighted by Gasteiger charge is 2.14. The summed E-state index contributed by atoms with van der Waals surface area (Å²) in [6.07, 6.45) is -1.48. The van der Waals surface area contributed by atoms with E-state index < -0.39 is 6.29 Å². The summed E-state index contributed by atoms with van der Waals surface area (Å²) in [7, 11) is 0. The first-order valence-corrected chi connectivity index (χ1v) is 3.80. The maximum atomic E-state index is 11.2. The molecule has 70 valence electrons. The van der Waals surface area contributed by atoms with Gasteiger partial charge in [-0.2, -0.15) is 0 Å². The Kier molecular flexibility index (Phi) is 4.54. The van der Waals surface area contributed by atoms with Gasteiger partial charge in [-0.05, 0) is 13.8 Å². The molecule has 0 heterocycles. The van der Waals surface area contributed by atoms with Gasteiger partial charge in [0.1, 0.15) is 0 Å². The summed E-state index contributed by atoms with van der Waals surface area (Å²) in [6, 6.07) is 0. The summed E-state index contributed by atoms with van der Waals surface area (Å²) in [5.41, 5.74) is 0.400. The van der Waals surface area contributed by atoms with E-state index in [1.807, 2.05) is 0 Å². The van der Waals surface area contributed by atoms with E-state index in [2.05, 4.69) is 6.58 Å². The molecule has 0 aromatic carbocycles. The van der Waals surface area contributed by atoms with E-state index in [4.69, 9.17) is 10.2 Å². The number of carbonyl (C=O) groups excluding carboxylic acids is 1. The average molecular weight is 173 g/mol. The van der Waals surface area contributed by atoms with Gasteiger partial charge in [0, 0.05) is 12.1 Å². The van der Waals surface area contributed by atoms with Crippen LogP contribution in [0.2, 0.25) is 0 Å². The predicted molar refractivity (Wildman–Crippen MR) is 45.3 cm³/mol. The van der Waals surface area contributed by atoms with E-state index in [1.165, 1.54) is 4.90 Å². The Balaban J connectivity index is 4.15. The van der Waals surface area contributed by atoms with Crippen LogP contribution >= 0.6 is 0 Å². The van der Waals surface area contributed by atoms with Crippen molar-refractivity contribution in [3.8, 4) is 0 Å². The molecule has 2 N–H and O–H groups in total. The maximum absolute atomic E-state index is 11.2. The molecule has 0 atom stereocenters. The lowest BCUT2D eigenvalue weighted by molar-refractivity contribution is -0.133. The van der Waals surface area contributed by atoms with Crippen molar-refractivity contribution >= 4 is 5.91 Å². The monoisotopic (exact) mass is 173 g/mol. The lowest BCUT2D eigenvalue weighted by Gasteiger charge is -2.21. The second kappa shape index (κ2) is 4.90. The predicted octanol–water partition coefficient (Wildman–Crippen LogP) is -0.278. The van der Waals surface area contributed by atoms with Crippen LogP contribution in [0.3, 0.4) is 0 Å². The summed E-state index contributed by atoms with van der Waals surface area (Å²) in [5, 5.41) is 17.2. The maximum Gasteiger partial charge on any atom is 0.249 e. The van der Waals surface area contributed by atoms with Crippen molar-refractivity contribution in [2.45, 2.75) is 20.1 Å². The van der Waals surface area contributed by atoms with Gasteiger partial charge in [-0.1, -0.05) is 6.58 Å². The summed E-state index contributed by atoms with van der Waals surface area (Å²) in [6.45, 7) is 7.22. The molecule has 0 saturated heterocycles. The quantitative estimate of drug-likeness (QED) is 0.454. The van der Waals surface area contributed by atoms with Gasteiger partial charge in [-0.15, -0.1) is 0 Å². The van der Waals surface area contributed by atoms with Gasteiger partial charge in [-0.25, -0.2) is 0 Å². The van der Waals surface area contributed by atoms with Crippen LogP contribution in [0.1, 0.15) is 13.8 Å². The molecule has 0 bridgehead atoms. The van der Waals surface area contributed by atoms with E-state index in [9.17, 15) is 4.79 Å². The van der Waals surface area contributed by atoms with Crippen LogP contribution in [0.5, 0.6) is 0 Å². The molecule has 0 rings (SSSR count). The van der Waals surface area contributed by atoms with Crippen molar-refractivity contribution in [2.75, 3.05) is 13.1 Å². The van der Waals surface area contributed by atoms with Gasteiger partial charge in [0.25, 0.3) is 0 Å². The number of hydrogen-bond donors (Lipinski definition) is 2. The van der Waals surface area contributed by atoms with Crippen molar-refractivity contribution in [1.82, 2.24) is 4.90 Å². The number of rotatable bonds is 4. The zero-order valence-corrected chi connectivity index (χ0v) is 7.45. The third kappa shape index (κ3) is 3.50. The molecule has 4 nitrogen and oxygen atoms in total. The Hall–Kier alpha value is -0.870. The Bertz CT molecular complexity index is 177. The Morgan fingerprint density at radius 3 is 2.33 bits per heavy atom. The normalized spacial score (nSPS) is 10.1. The third-order valence-corrected chi connectivity index (χ3v) is 1.42. The lowest BCUT2D eigenvalue weighted by Crippen LogP contribution is -2.37. The largest absolute Gasteiger partial charge is 0.367 e. The van der Waals surface area contributed by atoms with Gasteiger partial charge >= 0.3 is 0 Å². The number of aliphatic hydroxyl groups excluding tert-OH is 1. The molecule has 0 aliphatic rings. The highest BCUT2D eigenvalue weighted by Crippen LogP contribution is 1.98. The number of nitrogens with zero attached hydrogens (tertiary/aromatic N) is 1. The summed E-state index contributed by atoms with van der Waals surface area (Å²) >= 11 is 0. The first-order valence-electron chi connectivity index (χ1n) is 3.80. The topological polar surface area (TPSA) is 60.8 Å². The van der Waals surface area contributed by atoms with Gasteiger partial charge in [0.15, 0.2) is 6.29 Å². The van der Waals surface area contributed by atoms with Gasteiger partial charge < -0.3 is 15.1 Å². The lowest BCUT2D eigenvalue weighted by atomic mass is 10.3. The molecule has 0 aromatic heterocycles. The minimum absolute atomic E-state index is 0.0673. The molecular weight excluding hydrogens is 158 g/mol. The zero-order valence-electron chi connectivity index (χ0n) is 7.45. The van der Waals surface area contributed by atoms with Crippen molar-refractivity contribution < 1.29 is 15.0 Å². The van der Waals surface area contributed by atoms with Gasteiger partial charge in [-0.3, -0.25) is 4.79 Å². The molecule has 0 spiro atoms. The van der Waals surface area contributed by atoms with E-state index in [0.29, 0.717) is 12.1 Å². The van der Waals surface area contributed by atoms with Crippen molar-refractivity contribution in [3.63, 3.8) is 0 Å². The van der Waals surface area contributed by atoms with Gasteiger partial charge in [0.2, 0.25) is 5.91 Å². The van der Waals surface area contributed by atoms with E-state index in [-0.39, 0.29) is 12.5 Å². The number of amides is 1. The van der Waals surface area contributed by atoms with Crippen LogP contribution in [0.15, 0.2) is 12.2 Å². The zero-order chi connectivity index (χ0) is 9.72. The van der Waals surface area contributed by atoms with Crippen molar-refractivity contribution in [1.29, 1.82) is 0 Å². The standard InChI is InChI=1S/C8H15NO3/c1-4-9(5-7(10)11)8(12)6(2)3/h7,10-11H,2,4-5H2,1,3H3. The van der Waals surface area contributed by atoms with Gasteiger partial charge in [0.05, 0.1) is 6.54 Å². The Labute approximate surface area is 72.1 Å². The van der Waals surface area contributed by atoms with Crippen LogP contribution in [0, 0.1) is 0 Å². The molecule has 0 radical (unpaired) electrons. The van der Waals surface area contributed by atoms with Crippen LogP contribution in [-0.2, 0) is 4.79 Å². The van der Waals surface area contributed by atoms with Crippen molar-refractivity contribution in [3.05, 3.63) is 12.2 Å². The Morgan fingerprint density at radius 2 is 2.08 bits per heavy atom. The van der Waals surface area contributed by atoms with Crippen LogP contribution in [-0.4, -0.2) is 40.4 Å². The number of carbonyl (C=O) groups is 1. The molecule has 1 amide bonds. The van der Waals surface area contributed by atoms with Crippen LogP contribution in [0.4, 0.5) is 0 Å². The fourth-order valence-electron chi connectivity index (χ4n) is 0.823. The molecule has 0 aliphatic heterocycles. The number of aliphatic hydroxyl groups is 2. The molecular formula is C8H15NO3. The van der Waals surface area contributed by atoms with Crippen LogP contribution in [0.25, 0.3) is 0 Å². The third-order valence-electron chi connectivity index (χ3n) is 1.42. The molecule has 0 aliphatic carbocycles. The molecule has 12 heavy (non-hydrogen) atoms. The first kappa shape index (κ1) is 11.1.